The van der Waals surface area contributed by atoms with Crippen molar-refractivity contribution in [2.24, 2.45) is 11.8 Å². The second-order valence-electron chi connectivity index (χ2n) is 6.53. The fourth-order valence-electron chi connectivity index (χ4n) is 2.66. The zero-order valence-corrected chi connectivity index (χ0v) is 15.5. The normalized spacial score (nSPS) is 15.3. The van der Waals surface area contributed by atoms with Crippen LogP contribution in [-0.2, 0) is 9.59 Å². The number of carboxylic acid groups (broad SMARTS) is 1. The van der Waals surface area contributed by atoms with Crippen LogP contribution in [-0.4, -0.2) is 34.2 Å². The van der Waals surface area contributed by atoms with E-state index < -0.39 is 5.97 Å². The predicted molar refractivity (Wildman–Crippen MR) is 95.0 cm³/mol. The molecule has 0 saturated heterocycles. The van der Waals surface area contributed by atoms with Crippen LogP contribution in [0.3, 0.4) is 0 Å². The highest BCUT2D eigenvalue weighted by Gasteiger charge is 2.20. The summed E-state index contributed by atoms with van der Waals surface area (Å²) >= 11 is 0. The van der Waals surface area contributed by atoms with Gasteiger partial charge in [0, 0.05) is 25.7 Å². The summed E-state index contributed by atoms with van der Waals surface area (Å²) in [4.78, 5) is 21.9. The molecule has 132 valence electrons. The van der Waals surface area contributed by atoms with E-state index in [0.717, 1.165) is 25.7 Å². The molecule has 0 aromatic heterocycles. The van der Waals surface area contributed by atoms with E-state index in [1.165, 1.54) is 5.71 Å². The molecule has 2 unspecified atom stereocenters. The van der Waals surface area contributed by atoms with Crippen molar-refractivity contribution in [3.63, 3.8) is 0 Å². The van der Waals surface area contributed by atoms with Crippen LogP contribution in [0, 0.1) is 11.8 Å². The van der Waals surface area contributed by atoms with Crippen molar-refractivity contribution < 1.29 is 19.3 Å². The highest BCUT2D eigenvalue weighted by atomic mass is 16.4. The second kappa shape index (κ2) is 12.0. The minimum atomic E-state index is -0.893. The van der Waals surface area contributed by atoms with Crippen molar-refractivity contribution in [1.29, 1.82) is 0 Å². The van der Waals surface area contributed by atoms with Crippen LogP contribution in [0.5, 0.6) is 0 Å². The number of allylic oxidation sites excluding steroid dienone is 1. The van der Waals surface area contributed by atoms with Gasteiger partial charge >= 0.3 is 5.97 Å². The number of rotatable bonds is 12. The number of unbranched alkanes of at least 4 members (excludes halogenated alkanes) is 2. The summed E-state index contributed by atoms with van der Waals surface area (Å²) in [5, 5.41) is 8.54. The lowest BCUT2D eigenvalue weighted by Gasteiger charge is -2.18. The molecule has 0 fully saturated rings. The number of carboxylic acids is 1. The van der Waals surface area contributed by atoms with Gasteiger partial charge in [-0.25, -0.2) is 4.58 Å². The largest absolute Gasteiger partial charge is 0.481 e. The number of hydrogen-bond donors (Lipinski definition) is 1. The Morgan fingerprint density at radius 3 is 2.30 bits per heavy atom. The highest BCUT2D eigenvalue weighted by molar-refractivity contribution is 5.82. The molecule has 0 aromatic rings. The summed E-state index contributed by atoms with van der Waals surface area (Å²) in [6.07, 6.45) is 8.98. The minimum absolute atomic E-state index is 0.0395. The Bertz CT molecular complexity index is 438. The molecule has 0 bridgehead atoms. The van der Waals surface area contributed by atoms with E-state index in [4.69, 9.17) is 5.11 Å². The molecule has 0 aliphatic rings. The molecule has 0 rings (SSSR count). The average Bonchev–Trinajstić information content (AvgIpc) is 2.51. The third-order valence-corrected chi connectivity index (χ3v) is 4.67. The fraction of sp³-hybridized carbons (Fsp3) is 0.737. The van der Waals surface area contributed by atoms with Crippen LogP contribution in [0.25, 0.3) is 0 Å². The number of Topliss-reactive ketones (excluding diaryl/α,β-unsaturated/α-hetero) is 1. The van der Waals surface area contributed by atoms with E-state index in [9.17, 15) is 9.59 Å². The third kappa shape index (κ3) is 10.0. The van der Waals surface area contributed by atoms with Gasteiger partial charge in [-0.05, 0) is 31.8 Å². The van der Waals surface area contributed by atoms with Gasteiger partial charge in [0.25, 0.3) is 0 Å². The molecule has 0 amide bonds. The Morgan fingerprint density at radius 2 is 1.74 bits per heavy atom. The monoisotopic (exact) mass is 324 g/mol. The van der Waals surface area contributed by atoms with E-state index in [-0.39, 0.29) is 18.6 Å². The smallest absolute Gasteiger partial charge is 0.303 e. The number of ketones is 1. The molecule has 2 atom stereocenters. The first kappa shape index (κ1) is 21.6. The van der Waals surface area contributed by atoms with Crippen LogP contribution in [0.4, 0.5) is 0 Å². The Morgan fingerprint density at radius 1 is 1.09 bits per heavy atom. The van der Waals surface area contributed by atoms with Gasteiger partial charge in [0.2, 0.25) is 0 Å². The molecule has 4 nitrogen and oxygen atoms in total. The molecule has 4 heteroatoms. The van der Waals surface area contributed by atoms with Crippen LogP contribution >= 0.6 is 0 Å². The van der Waals surface area contributed by atoms with Crippen molar-refractivity contribution in [2.75, 3.05) is 7.05 Å². The zero-order valence-electron chi connectivity index (χ0n) is 15.5. The van der Waals surface area contributed by atoms with Crippen LogP contribution in [0.2, 0.25) is 0 Å². The van der Waals surface area contributed by atoms with Crippen LogP contribution in [0.15, 0.2) is 12.3 Å². The first-order valence-corrected chi connectivity index (χ1v) is 8.72. The molecule has 0 radical (unpaired) electrons. The van der Waals surface area contributed by atoms with Crippen molar-refractivity contribution >= 4 is 17.5 Å². The maximum atomic E-state index is 11.5. The van der Waals surface area contributed by atoms with E-state index in [1.54, 1.807) is 0 Å². The van der Waals surface area contributed by atoms with Gasteiger partial charge in [0.15, 0.2) is 11.9 Å². The molecular formula is C19H34NO3+. The summed E-state index contributed by atoms with van der Waals surface area (Å²) in [6.45, 7) is 8.77. The lowest BCUT2D eigenvalue weighted by atomic mass is 9.87. The first-order chi connectivity index (χ1) is 10.8. The number of nitrogens with zero attached hydrogens (tertiary/aromatic N) is 1. The fourth-order valence-corrected chi connectivity index (χ4v) is 2.66. The molecule has 0 heterocycles. The van der Waals surface area contributed by atoms with Gasteiger partial charge in [0.1, 0.15) is 12.8 Å². The van der Waals surface area contributed by atoms with Gasteiger partial charge < -0.3 is 5.11 Å². The molecular weight excluding hydrogens is 290 g/mol. The number of hydrogen-bond acceptors (Lipinski definition) is 2. The summed E-state index contributed by atoms with van der Waals surface area (Å²) in [6, 6.07) is 0. The predicted octanol–water partition coefficient (Wildman–Crippen LogP) is 4.28. The Labute approximate surface area is 141 Å². The highest BCUT2D eigenvalue weighted by Crippen LogP contribution is 2.20. The molecule has 0 spiro atoms. The maximum Gasteiger partial charge on any atom is 0.303 e. The van der Waals surface area contributed by atoms with Gasteiger partial charge in [0.05, 0.1) is 6.42 Å². The van der Waals surface area contributed by atoms with E-state index in [0.29, 0.717) is 18.3 Å². The van der Waals surface area contributed by atoms with Crippen molar-refractivity contribution in [1.82, 2.24) is 0 Å². The van der Waals surface area contributed by atoms with E-state index in [2.05, 4.69) is 38.6 Å². The number of carbonyl (C=O) groups excluding carboxylic acids is 1. The third-order valence-electron chi connectivity index (χ3n) is 4.67. The summed E-state index contributed by atoms with van der Waals surface area (Å²) in [7, 11) is 2.08. The molecule has 1 N–H and O–H groups in total. The van der Waals surface area contributed by atoms with Crippen molar-refractivity contribution in [2.45, 2.75) is 72.6 Å². The SMILES string of the molecule is CC=C[N+](C)=C(C)C(C)C(C)CCCCCC(=O)CCC(=O)O. The van der Waals surface area contributed by atoms with Gasteiger partial charge in [-0.15, -0.1) is 0 Å². The Kier molecular flexibility index (Phi) is 11.3. The van der Waals surface area contributed by atoms with Crippen LogP contribution in [0.1, 0.15) is 72.6 Å². The number of carbonyl (C=O) groups is 2. The summed E-state index contributed by atoms with van der Waals surface area (Å²) in [5.74, 6) is 0.334. The quantitative estimate of drug-likeness (QED) is 0.331. The minimum Gasteiger partial charge on any atom is -0.481 e. The molecule has 0 aliphatic heterocycles. The molecule has 0 aromatic carbocycles. The van der Waals surface area contributed by atoms with Gasteiger partial charge in [-0.2, -0.15) is 0 Å². The molecule has 0 aliphatic carbocycles. The van der Waals surface area contributed by atoms with Gasteiger partial charge in [-0.3, -0.25) is 9.59 Å². The average molecular weight is 324 g/mol. The zero-order chi connectivity index (χ0) is 17.8. The van der Waals surface area contributed by atoms with E-state index >= 15 is 0 Å². The lowest BCUT2D eigenvalue weighted by Crippen LogP contribution is -2.23. The van der Waals surface area contributed by atoms with Crippen molar-refractivity contribution in [3.05, 3.63) is 12.3 Å². The first-order valence-electron chi connectivity index (χ1n) is 8.72. The van der Waals surface area contributed by atoms with E-state index in [1.807, 2.05) is 13.0 Å². The molecule has 23 heavy (non-hydrogen) atoms. The summed E-state index contributed by atoms with van der Waals surface area (Å²) in [5.41, 5.74) is 1.37. The maximum absolute atomic E-state index is 11.5. The van der Waals surface area contributed by atoms with Crippen LogP contribution < -0.4 is 0 Å². The lowest BCUT2D eigenvalue weighted by molar-refractivity contribution is -0.426. The topological polar surface area (TPSA) is 57.4 Å². The second-order valence-corrected chi connectivity index (χ2v) is 6.53. The standard InChI is InChI=1S/C19H33NO3/c1-6-14-20(5)17(4)16(3)15(2)10-8-7-9-11-18(21)12-13-19(22)23/h6,14-16H,7-13H2,1-5H3/p+1. The van der Waals surface area contributed by atoms with Crippen molar-refractivity contribution in [3.8, 4) is 0 Å². The Balaban J connectivity index is 3.98. The number of aliphatic carboxylic acids is 1. The van der Waals surface area contributed by atoms with Gasteiger partial charge in [-0.1, -0.05) is 26.7 Å². The summed E-state index contributed by atoms with van der Waals surface area (Å²) < 4.78 is 2.18. The molecule has 0 saturated carbocycles. The Hall–Kier alpha value is -1.45.